The minimum atomic E-state index is -3.07. The molecule has 0 bridgehead atoms. The van der Waals surface area contributed by atoms with Gasteiger partial charge in [-0.15, -0.1) is 0 Å². The predicted molar refractivity (Wildman–Crippen MR) is 66.8 cm³/mol. The first-order valence-corrected chi connectivity index (χ1v) is 6.89. The van der Waals surface area contributed by atoms with Gasteiger partial charge in [-0.1, -0.05) is 6.07 Å². The highest BCUT2D eigenvalue weighted by Gasteiger charge is 2.29. The summed E-state index contributed by atoms with van der Waals surface area (Å²) in [5.41, 5.74) is 0.977. The Morgan fingerprint density at radius 3 is 2.89 bits per heavy atom. The molecule has 0 radical (unpaired) electrons. The number of anilines is 1. The van der Waals surface area contributed by atoms with Crippen LogP contribution in [0.5, 0.6) is 0 Å². The van der Waals surface area contributed by atoms with Crippen molar-refractivity contribution < 1.29 is 23.4 Å². The predicted octanol–water partition coefficient (Wildman–Crippen LogP) is 1.46. The summed E-state index contributed by atoms with van der Waals surface area (Å²) < 4.78 is 24.1. The molecule has 1 aliphatic heterocycles. The van der Waals surface area contributed by atoms with Gasteiger partial charge < -0.3 is 10.1 Å². The van der Waals surface area contributed by atoms with Gasteiger partial charge in [0.1, 0.15) is 5.75 Å². The Labute approximate surface area is 105 Å². The molecular formula is C11H13NO5S. The summed E-state index contributed by atoms with van der Waals surface area (Å²) in [7, 11) is -1.78. The number of amides is 1. The maximum atomic E-state index is 11.3. The van der Waals surface area contributed by atoms with Crippen LogP contribution in [0.4, 0.5) is 5.69 Å². The standard InChI is InChI=1S/C11H13NO5S/c1-17-11(14)5-7-2-3-9-8(4-7)12-10(13)6-18(9,15)16/h2-4,15-16H,5-6H2,1H3,(H,12,13). The van der Waals surface area contributed by atoms with Gasteiger partial charge in [-0.25, -0.2) is 0 Å². The average molecular weight is 271 g/mol. The molecule has 0 aliphatic carbocycles. The van der Waals surface area contributed by atoms with E-state index in [4.69, 9.17) is 0 Å². The van der Waals surface area contributed by atoms with Gasteiger partial charge in [-0.2, -0.15) is 10.6 Å². The fourth-order valence-electron chi connectivity index (χ4n) is 1.76. The van der Waals surface area contributed by atoms with Gasteiger partial charge in [-0.05, 0) is 17.7 Å². The van der Waals surface area contributed by atoms with Crippen molar-refractivity contribution in [1.29, 1.82) is 0 Å². The number of ether oxygens (including phenoxy) is 1. The number of hydrogen-bond acceptors (Lipinski definition) is 5. The lowest BCUT2D eigenvalue weighted by atomic mass is 10.1. The number of methoxy groups -OCH3 is 1. The highest BCUT2D eigenvalue weighted by Crippen LogP contribution is 2.53. The number of benzene rings is 1. The zero-order valence-corrected chi connectivity index (χ0v) is 10.5. The third-order valence-electron chi connectivity index (χ3n) is 2.58. The first-order chi connectivity index (χ1) is 8.42. The van der Waals surface area contributed by atoms with E-state index in [0.29, 0.717) is 16.1 Å². The third kappa shape index (κ3) is 2.47. The Balaban J connectivity index is 2.34. The second-order valence-corrected chi connectivity index (χ2v) is 6.00. The van der Waals surface area contributed by atoms with E-state index in [0.717, 1.165) is 0 Å². The van der Waals surface area contributed by atoms with E-state index in [2.05, 4.69) is 10.1 Å². The van der Waals surface area contributed by atoms with Crippen molar-refractivity contribution >= 4 is 28.2 Å². The van der Waals surface area contributed by atoms with Crippen LogP contribution in [0.2, 0.25) is 0 Å². The molecule has 0 fully saturated rings. The van der Waals surface area contributed by atoms with Crippen LogP contribution in [0.25, 0.3) is 0 Å². The quantitative estimate of drug-likeness (QED) is 0.708. The molecule has 2 rings (SSSR count). The number of carbonyl (C=O) groups excluding carboxylic acids is 2. The van der Waals surface area contributed by atoms with E-state index in [1.807, 2.05) is 0 Å². The van der Waals surface area contributed by atoms with E-state index in [9.17, 15) is 18.7 Å². The Bertz CT molecular complexity index is 514. The maximum absolute atomic E-state index is 11.3. The lowest BCUT2D eigenvalue weighted by molar-refractivity contribution is -0.139. The summed E-state index contributed by atoms with van der Waals surface area (Å²) in [5, 5.41) is 2.56. The van der Waals surface area contributed by atoms with E-state index < -0.39 is 22.5 Å². The van der Waals surface area contributed by atoms with Gasteiger partial charge >= 0.3 is 5.97 Å². The molecule has 1 aliphatic rings. The molecule has 6 nitrogen and oxygen atoms in total. The van der Waals surface area contributed by atoms with Crippen molar-refractivity contribution in [1.82, 2.24) is 0 Å². The molecule has 0 spiro atoms. The van der Waals surface area contributed by atoms with Gasteiger partial charge in [0.15, 0.2) is 0 Å². The fourth-order valence-corrected chi connectivity index (χ4v) is 3.10. The van der Waals surface area contributed by atoms with Crippen LogP contribution in [0.1, 0.15) is 5.56 Å². The fraction of sp³-hybridized carbons (Fsp3) is 0.273. The molecule has 1 aromatic carbocycles. The minimum Gasteiger partial charge on any atom is -0.469 e. The molecular weight excluding hydrogens is 258 g/mol. The summed E-state index contributed by atoms with van der Waals surface area (Å²) in [6.45, 7) is 0. The van der Waals surface area contributed by atoms with Gasteiger partial charge in [0.2, 0.25) is 5.91 Å². The molecule has 7 heteroatoms. The Hall–Kier alpha value is -1.57. The van der Waals surface area contributed by atoms with E-state index in [1.54, 1.807) is 12.1 Å². The number of esters is 1. The van der Waals surface area contributed by atoms with Crippen LogP contribution in [-0.4, -0.2) is 33.8 Å². The smallest absolute Gasteiger partial charge is 0.309 e. The second-order valence-electron chi connectivity index (χ2n) is 3.94. The monoisotopic (exact) mass is 271 g/mol. The third-order valence-corrected chi connectivity index (χ3v) is 4.30. The Morgan fingerprint density at radius 2 is 2.22 bits per heavy atom. The van der Waals surface area contributed by atoms with Crippen LogP contribution in [0, 0.1) is 0 Å². The maximum Gasteiger partial charge on any atom is 0.309 e. The van der Waals surface area contributed by atoms with Crippen molar-refractivity contribution in [3.05, 3.63) is 23.8 Å². The van der Waals surface area contributed by atoms with Crippen LogP contribution < -0.4 is 5.32 Å². The molecule has 1 aromatic rings. The number of rotatable bonds is 2. The van der Waals surface area contributed by atoms with Crippen LogP contribution >= 0.6 is 10.6 Å². The Morgan fingerprint density at radius 1 is 1.50 bits per heavy atom. The van der Waals surface area contributed by atoms with Gasteiger partial charge in [-0.3, -0.25) is 18.7 Å². The summed E-state index contributed by atoms with van der Waals surface area (Å²) in [4.78, 5) is 22.8. The van der Waals surface area contributed by atoms with E-state index in [1.165, 1.54) is 13.2 Å². The Kier molecular flexibility index (Phi) is 3.29. The summed E-state index contributed by atoms with van der Waals surface area (Å²) >= 11 is 0. The summed E-state index contributed by atoms with van der Waals surface area (Å²) in [6, 6.07) is 4.68. The highest BCUT2D eigenvalue weighted by molar-refractivity contribution is 8.25. The summed E-state index contributed by atoms with van der Waals surface area (Å²) in [6.07, 6.45) is 0.0683. The molecule has 98 valence electrons. The minimum absolute atomic E-state index is 0.0683. The topological polar surface area (TPSA) is 95.9 Å². The van der Waals surface area contributed by atoms with Crippen molar-refractivity contribution in [3.8, 4) is 0 Å². The molecule has 0 unspecified atom stereocenters. The molecule has 0 saturated carbocycles. The zero-order valence-electron chi connectivity index (χ0n) is 9.67. The van der Waals surface area contributed by atoms with Gasteiger partial charge in [0, 0.05) is 0 Å². The van der Waals surface area contributed by atoms with Crippen molar-refractivity contribution in [3.63, 3.8) is 0 Å². The van der Waals surface area contributed by atoms with E-state index >= 15 is 0 Å². The molecule has 0 aromatic heterocycles. The number of nitrogens with one attached hydrogen (secondary N) is 1. The van der Waals surface area contributed by atoms with Crippen molar-refractivity contribution in [2.75, 3.05) is 18.2 Å². The SMILES string of the molecule is COC(=O)Cc1ccc2c(c1)NC(=O)CS2(O)O. The average Bonchev–Trinajstić information content (AvgIpc) is 2.26. The highest BCUT2D eigenvalue weighted by atomic mass is 32.3. The number of carbonyl (C=O) groups is 2. The van der Waals surface area contributed by atoms with Crippen LogP contribution in [0.3, 0.4) is 0 Å². The van der Waals surface area contributed by atoms with Gasteiger partial charge in [0.05, 0.1) is 24.1 Å². The van der Waals surface area contributed by atoms with Crippen molar-refractivity contribution in [2.24, 2.45) is 0 Å². The molecule has 1 amide bonds. The summed E-state index contributed by atoms with van der Waals surface area (Å²) in [5.74, 6) is -1.17. The molecule has 18 heavy (non-hydrogen) atoms. The molecule has 1 heterocycles. The molecule has 0 atom stereocenters. The number of fused-ring (bicyclic) bond motifs is 1. The second kappa shape index (κ2) is 4.60. The first-order valence-electron chi connectivity index (χ1n) is 5.18. The normalized spacial score (nSPS) is 18.5. The lowest BCUT2D eigenvalue weighted by Crippen LogP contribution is -2.27. The van der Waals surface area contributed by atoms with Crippen LogP contribution in [-0.2, 0) is 20.7 Å². The molecule has 0 saturated heterocycles. The molecule has 3 N–H and O–H groups in total. The van der Waals surface area contributed by atoms with Gasteiger partial charge in [0.25, 0.3) is 0 Å². The first kappa shape index (κ1) is 12.9. The van der Waals surface area contributed by atoms with Crippen LogP contribution in [0.15, 0.2) is 23.1 Å². The van der Waals surface area contributed by atoms with E-state index in [-0.39, 0.29) is 12.2 Å². The zero-order chi connectivity index (χ0) is 13.3. The lowest BCUT2D eigenvalue weighted by Gasteiger charge is -2.37. The largest absolute Gasteiger partial charge is 0.469 e. The van der Waals surface area contributed by atoms with Crippen molar-refractivity contribution in [2.45, 2.75) is 11.3 Å². The number of hydrogen-bond donors (Lipinski definition) is 3.